The van der Waals surface area contributed by atoms with Crippen LogP contribution in [0.15, 0.2) is 33.9 Å². The summed E-state index contributed by atoms with van der Waals surface area (Å²) in [5.74, 6) is 0.0632. The van der Waals surface area contributed by atoms with Gasteiger partial charge in [-0.15, -0.1) is 11.8 Å². The fraction of sp³-hybridized carbons (Fsp3) is 0.364. The van der Waals surface area contributed by atoms with E-state index < -0.39 is 5.97 Å². The lowest BCUT2D eigenvalue weighted by Crippen LogP contribution is -2.18. The predicted octanol–water partition coefficient (Wildman–Crippen LogP) is 4.81. The molecular weight excluding hydrogens is 402 g/mol. The lowest BCUT2D eigenvalue weighted by atomic mass is 10.1. The Bertz CT molecular complexity index is 1080. The molecule has 0 saturated carbocycles. The first-order valence-electron chi connectivity index (χ1n) is 9.59. The van der Waals surface area contributed by atoms with Gasteiger partial charge in [0, 0.05) is 23.0 Å². The van der Waals surface area contributed by atoms with Crippen LogP contribution >= 0.6 is 11.8 Å². The third-order valence-corrected chi connectivity index (χ3v) is 5.51. The number of aryl methyl sites for hydroxylation is 2. The van der Waals surface area contributed by atoms with Gasteiger partial charge in [0.15, 0.2) is 18.2 Å². The highest BCUT2D eigenvalue weighted by atomic mass is 32.2. The summed E-state index contributed by atoms with van der Waals surface area (Å²) < 4.78 is 12.8. The molecular formula is C22H25N3O4S. The second-order valence-corrected chi connectivity index (χ2v) is 8.04. The molecule has 0 fully saturated rings. The van der Waals surface area contributed by atoms with Crippen LogP contribution in [0.4, 0.5) is 0 Å². The Morgan fingerprint density at radius 1 is 1.23 bits per heavy atom. The zero-order valence-electron chi connectivity index (χ0n) is 18.0. The first-order valence-corrected chi connectivity index (χ1v) is 10.8. The zero-order chi connectivity index (χ0) is 22.0. The molecule has 0 spiro atoms. The maximum atomic E-state index is 12.7. The normalized spacial score (nSPS) is 11.2. The van der Waals surface area contributed by atoms with Gasteiger partial charge in [0.05, 0.1) is 12.0 Å². The van der Waals surface area contributed by atoms with E-state index in [1.807, 2.05) is 26.2 Å². The van der Waals surface area contributed by atoms with E-state index in [9.17, 15) is 9.59 Å². The molecule has 0 saturated heterocycles. The summed E-state index contributed by atoms with van der Waals surface area (Å²) in [4.78, 5) is 34.2. The van der Waals surface area contributed by atoms with Gasteiger partial charge in [0.2, 0.25) is 5.78 Å². The number of ketones is 1. The fourth-order valence-electron chi connectivity index (χ4n) is 3.58. The molecule has 0 aliphatic carbocycles. The van der Waals surface area contributed by atoms with Gasteiger partial charge in [-0.05, 0) is 59.1 Å². The number of thioether (sulfide) groups is 1. The average Bonchev–Trinajstić information content (AvgIpc) is 3.33. The van der Waals surface area contributed by atoms with Gasteiger partial charge < -0.3 is 13.7 Å². The largest absolute Gasteiger partial charge is 0.461 e. The molecule has 3 rings (SSSR count). The monoisotopic (exact) mass is 427 g/mol. The van der Waals surface area contributed by atoms with E-state index in [1.165, 1.54) is 18.0 Å². The first kappa shape index (κ1) is 21.8. The second-order valence-electron chi connectivity index (χ2n) is 7.24. The molecule has 0 radical (unpaired) electrons. The first-order chi connectivity index (χ1) is 14.2. The van der Waals surface area contributed by atoms with Crippen molar-refractivity contribution in [1.82, 2.24) is 14.5 Å². The zero-order valence-corrected chi connectivity index (χ0v) is 18.8. The Balaban J connectivity index is 1.80. The molecule has 3 heterocycles. The molecule has 0 aromatic carbocycles. The highest BCUT2D eigenvalue weighted by molar-refractivity contribution is 7.98. The Hall–Kier alpha value is -2.87. The van der Waals surface area contributed by atoms with Crippen molar-refractivity contribution in [2.75, 3.05) is 12.9 Å². The second kappa shape index (κ2) is 8.87. The van der Waals surface area contributed by atoms with E-state index >= 15 is 0 Å². The number of carbonyl (C=O) groups excluding carboxylic acids is 2. The van der Waals surface area contributed by atoms with Gasteiger partial charge in [-0.25, -0.2) is 14.8 Å². The topological polar surface area (TPSA) is 87.2 Å². The molecule has 158 valence electrons. The van der Waals surface area contributed by atoms with Crippen molar-refractivity contribution < 1.29 is 18.7 Å². The number of aromatic nitrogens is 3. The molecule has 0 aliphatic heterocycles. The molecule has 0 aliphatic rings. The van der Waals surface area contributed by atoms with Crippen LogP contribution in [-0.2, 0) is 4.74 Å². The van der Waals surface area contributed by atoms with Gasteiger partial charge in [-0.1, -0.05) is 0 Å². The highest BCUT2D eigenvalue weighted by Gasteiger charge is 2.23. The fourth-order valence-corrected chi connectivity index (χ4v) is 4.19. The highest BCUT2D eigenvalue weighted by Crippen LogP contribution is 2.26. The average molecular weight is 428 g/mol. The molecule has 8 heteroatoms. The van der Waals surface area contributed by atoms with Crippen molar-refractivity contribution in [3.63, 3.8) is 0 Å². The standard InChI is InChI=1S/C22H25N3O4S/c1-12(2)25-13(3)10-16(15(25)5)17(26)11-29-22(27)19-14(4)23-20(24-21(19)30-6)18-8-7-9-28-18/h7-10,12H,11H2,1-6H3. The van der Waals surface area contributed by atoms with Gasteiger partial charge in [-0.2, -0.15) is 0 Å². The molecule has 0 atom stereocenters. The van der Waals surface area contributed by atoms with Crippen LogP contribution < -0.4 is 0 Å². The number of esters is 1. The van der Waals surface area contributed by atoms with E-state index in [0.717, 1.165) is 11.4 Å². The molecule has 0 amide bonds. The van der Waals surface area contributed by atoms with Crippen molar-refractivity contribution in [1.29, 1.82) is 0 Å². The molecule has 3 aromatic heterocycles. The van der Waals surface area contributed by atoms with E-state index in [4.69, 9.17) is 9.15 Å². The maximum Gasteiger partial charge on any atom is 0.343 e. The number of ether oxygens (including phenoxy) is 1. The van der Waals surface area contributed by atoms with E-state index in [2.05, 4.69) is 28.4 Å². The van der Waals surface area contributed by atoms with Crippen LogP contribution in [0.5, 0.6) is 0 Å². The Morgan fingerprint density at radius 2 is 1.97 bits per heavy atom. The summed E-state index contributed by atoms with van der Waals surface area (Å²) in [6.07, 6.45) is 3.35. The molecule has 30 heavy (non-hydrogen) atoms. The van der Waals surface area contributed by atoms with Crippen molar-refractivity contribution in [2.24, 2.45) is 0 Å². The van der Waals surface area contributed by atoms with Crippen molar-refractivity contribution in [3.8, 4) is 11.6 Å². The van der Waals surface area contributed by atoms with E-state index in [0.29, 0.717) is 27.9 Å². The number of hydrogen-bond donors (Lipinski definition) is 0. The number of hydrogen-bond acceptors (Lipinski definition) is 7. The van der Waals surface area contributed by atoms with Gasteiger partial charge in [0.25, 0.3) is 0 Å². The molecule has 0 unspecified atom stereocenters. The van der Waals surface area contributed by atoms with Crippen LogP contribution in [0.2, 0.25) is 0 Å². The molecule has 3 aromatic rings. The predicted molar refractivity (Wildman–Crippen MR) is 115 cm³/mol. The minimum atomic E-state index is -0.617. The maximum absolute atomic E-state index is 12.7. The van der Waals surface area contributed by atoms with Gasteiger partial charge in [-0.3, -0.25) is 4.79 Å². The summed E-state index contributed by atoms with van der Waals surface area (Å²) in [5, 5.41) is 0.476. The number of furan rings is 1. The van der Waals surface area contributed by atoms with Crippen LogP contribution in [-0.4, -0.2) is 39.2 Å². The van der Waals surface area contributed by atoms with Crippen LogP contribution in [0.1, 0.15) is 57.7 Å². The number of carbonyl (C=O) groups is 2. The quantitative estimate of drug-likeness (QED) is 0.231. The third kappa shape index (κ3) is 4.18. The van der Waals surface area contributed by atoms with Crippen molar-refractivity contribution >= 4 is 23.5 Å². The van der Waals surface area contributed by atoms with Crippen LogP contribution in [0.3, 0.4) is 0 Å². The van der Waals surface area contributed by atoms with Gasteiger partial charge >= 0.3 is 5.97 Å². The minimum absolute atomic E-state index is 0.236. The Labute approximate surface area is 179 Å². The van der Waals surface area contributed by atoms with E-state index in [-0.39, 0.29) is 24.0 Å². The SMILES string of the molecule is CSc1nc(-c2ccco2)nc(C)c1C(=O)OCC(=O)c1cc(C)n(C(C)C)c1C. The third-order valence-electron chi connectivity index (χ3n) is 4.83. The Kier molecular flexibility index (Phi) is 6.45. The molecule has 0 bridgehead atoms. The summed E-state index contributed by atoms with van der Waals surface area (Å²) in [7, 11) is 0. The number of rotatable bonds is 7. The number of nitrogens with zero attached hydrogens (tertiary/aromatic N) is 3. The summed E-state index contributed by atoms with van der Waals surface area (Å²) >= 11 is 1.31. The minimum Gasteiger partial charge on any atom is -0.461 e. The van der Waals surface area contributed by atoms with E-state index in [1.54, 1.807) is 19.1 Å². The molecule has 0 N–H and O–H groups in total. The van der Waals surface area contributed by atoms with Crippen molar-refractivity contribution in [2.45, 2.75) is 45.7 Å². The van der Waals surface area contributed by atoms with Crippen molar-refractivity contribution in [3.05, 3.63) is 52.7 Å². The lowest BCUT2D eigenvalue weighted by molar-refractivity contribution is 0.0469. The number of Topliss-reactive ketones (excluding diaryl/α,β-unsaturated/α-hetero) is 1. The summed E-state index contributed by atoms with van der Waals surface area (Å²) in [6, 6.07) is 5.58. The molecule has 7 nitrogen and oxygen atoms in total. The summed E-state index contributed by atoms with van der Waals surface area (Å²) in [6.45, 7) is 9.36. The summed E-state index contributed by atoms with van der Waals surface area (Å²) in [5.41, 5.74) is 3.17. The smallest absolute Gasteiger partial charge is 0.343 e. The lowest BCUT2D eigenvalue weighted by Gasteiger charge is -2.13. The van der Waals surface area contributed by atoms with Crippen LogP contribution in [0, 0.1) is 20.8 Å². The van der Waals surface area contributed by atoms with Crippen LogP contribution in [0.25, 0.3) is 11.6 Å². The van der Waals surface area contributed by atoms with Gasteiger partial charge in [0.1, 0.15) is 10.6 Å². The Morgan fingerprint density at radius 3 is 2.53 bits per heavy atom.